The molecule has 0 fully saturated rings. The van der Waals surface area contributed by atoms with Crippen LogP contribution in [0.5, 0.6) is 11.5 Å². The average molecular weight is 959 g/mol. The Morgan fingerprint density at radius 1 is 0.627 bits per heavy atom. The molecule has 2 aliphatic heterocycles. The van der Waals surface area contributed by atoms with Gasteiger partial charge in [-0.3, -0.25) is 9.80 Å². The van der Waals surface area contributed by atoms with Crippen LogP contribution in [-0.2, 0) is 61.8 Å². The van der Waals surface area contributed by atoms with E-state index in [2.05, 4.69) is 106 Å². The third kappa shape index (κ3) is 15.5. The molecule has 0 radical (unpaired) electrons. The Labute approximate surface area is 432 Å². The molecule has 0 bridgehead atoms. The number of rotatable bonds is 16. The molecule has 8 rings (SSSR count). The van der Waals surface area contributed by atoms with E-state index in [4.69, 9.17) is 9.47 Å². The molecule has 2 aromatic heterocycles. The Bertz CT molecular complexity index is 2540. The van der Waals surface area contributed by atoms with Crippen LogP contribution >= 0.6 is 22.7 Å². The van der Waals surface area contributed by atoms with E-state index in [9.17, 15) is 19.8 Å². The molecule has 0 unspecified atom stereocenters. The van der Waals surface area contributed by atoms with Crippen LogP contribution in [0.15, 0.2) is 97.1 Å². The van der Waals surface area contributed by atoms with Gasteiger partial charge in [0.25, 0.3) is 0 Å². The summed E-state index contributed by atoms with van der Waals surface area (Å²) < 4.78 is 12.0. The van der Waals surface area contributed by atoms with Gasteiger partial charge in [0.2, 0.25) is 0 Å². The van der Waals surface area contributed by atoms with Gasteiger partial charge in [-0.05, 0) is 98.2 Å². The molecule has 0 saturated carbocycles. The summed E-state index contributed by atoms with van der Waals surface area (Å²) in [6.45, 7) is 14.2. The molecule has 0 spiro atoms. The molecule has 4 aromatic carbocycles. The summed E-state index contributed by atoms with van der Waals surface area (Å²) in [5, 5.41) is 24.3. The van der Waals surface area contributed by atoms with Gasteiger partial charge in [-0.2, -0.15) is 0 Å². The summed E-state index contributed by atoms with van der Waals surface area (Å²) >= 11 is 3.65. The Kier molecular flexibility index (Phi) is 19.5. The molecule has 0 N–H and O–H groups in total. The smallest absolute Gasteiger partial charge is 0.550 e. The zero-order valence-electron chi connectivity index (χ0n) is 38.6. The van der Waals surface area contributed by atoms with Gasteiger partial charge >= 0.3 is 37.7 Å². The number of hydrogen-bond donors (Lipinski definition) is 0. The van der Waals surface area contributed by atoms with E-state index in [1.807, 2.05) is 71.2 Å². The van der Waals surface area contributed by atoms with E-state index in [0.29, 0.717) is 13.2 Å². The van der Waals surface area contributed by atoms with E-state index in [1.54, 1.807) is 13.8 Å². The second-order valence-corrected chi connectivity index (χ2v) is 19.1. The minimum Gasteiger partial charge on any atom is -0.550 e. The molecule has 0 aliphatic carbocycles. The standard InChI is InChI=1S/2C27H28N2O3S.Ca/c2*1-3-5-23(15-27(30)31)22-8-10-24(11-9-22)32-18-21-7-4-6-20(14-21)16-29-13-12-26-25(17-29)28-19(2)33-26;/h2*4,6-11,14,23H,12-13,15-18H2,1-2H3,(H,30,31);/q;;+2/p-2/t2*23-;/m00./s1. The average Bonchev–Trinajstić information content (AvgIpc) is 3.87. The third-order valence-corrected chi connectivity index (χ3v) is 13.5. The third-order valence-electron chi connectivity index (χ3n) is 11.4. The number of nitrogens with zero attached hydrogens (tertiary/aromatic N) is 4. The molecule has 10 nitrogen and oxygen atoms in total. The first kappa shape index (κ1) is 51.4. The monoisotopic (exact) mass is 958 g/mol. The number of aryl methyl sites for hydroxylation is 2. The van der Waals surface area contributed by atoms with Crippen LogP contribution in [-0.4, -0.2) is 82.5 Å². The summed E-state index contributed by atoms with van der Waals surface area (Å²) in [5.41, 5.74) is 8.94. The normalized spacial score (nSPS) is 13.9. The summed E-state index contributed by atoms with van der Waals surface area (Å²) in [4.78, 5) is 39.1. The maximum absolute atomic E-state index is 11.0. The number of hydrogen-bond acceptors (Lipinski definition) is 12. The Hall–Kier alpha value is -5.02. The number of fused-ring (bicyclic) bond motifs is 2. The fourth-order valence-corrected chi connectivity index (χ4v) is 10.2. The molecule has 340 valence electrons. The zero-order valence-corrected chi connectivity index (χ0v) is 42.5. The SMILES string of the molecule is CC#C[C@@H](CC(=O)[O-])c1ccc(OCc2cccc(CN3CCc4sc(C)nc4C3)c2)cc1.CC#C[C@@H](CC(=O)[O-])c1ccc(OCc2cccc(CN3CCc4sc(C)nc4C3)c2)cc1.[Ca+2]. The fraction of sp³-hybridized carbons (Fsp3) is 0.333. The first-order valence-electron chi connectivity index (χ1n) is 22.2. The largest absolute Gasteiger partial charge is 2.00 e. The Morgan fingerprint density at radius 2 is 1.01 bits per heavy atom. The number of carbonyl (C=O) groups excluding carboxylic acids is 2. The number of carboxylic acids is 2. The van der Waals surface area contributed by atoms with Gasteiger partial charge in [0.1, 0.15) is 24.7 Å². The molecule has 2 atom stereocenters. The quantitative estimate of drug-likeness (QED) is 0.0721. The minimum atomic E-state index is -1.10. The molecular formula is C54H54CaN4O6S2. The molecule has 4 heterocycles. The van der Waals surface area contributed by atoms with Crippen molar-refractivity contribution >= 4 is 72.4 Å². The van der Waals surface area contributed by atoms with Crippen LogP contribution in [0.4, 0.5) is 0 Å². The van der Waals surface area contributed by atoms with Crippen molar-refractivity contribution < 1.29 is 29.3 Å². The molecule has 2 aliphatic rings. The van der Waals surface area contributed by atoms with E-state index >= 15 is 0 Å². The van der Waals surface area contributed by atoms with E-state index in [-0.39, 0.29) is 62.4 Å². The van der Waals surface area contributed by atoms with Gasteiger partial charge in [0.05, 0.1) is 33.2 Å². The van der Waals surface area contributed by atoms with Crippen molar-refractivity contribution in [1.82, 2.24) is 19.8 Å². The van der Waals surface area contributed by atoms with E-state index in [1.165, 1.54) is 32.3 Å². The first-order valence-corrected chi connectivity index (χ1v) is 23.8. The maximum atomic E-state index is 11.0. The Balaban J connectivity index is 0.000000218. The minimum absolute atomic E-state index is 0. The molecule has 13 heteroatoms. The molecule has 6 aromatic rings. The summed E-state index contributed by atoms with van der Waals surface area (Å²) in [7, 11) is 0. The number of benzene rings is 4. The van der Waals surface area contributed by atoms with Crippen LogP contribution in [0.3, 0.4) is 0 Å². The topological polar surface area (TPSA) is 131 Å². The van der Waals surface area contributed by atoms with Crippen molar-refractivity contribution in [3.63, 3.8) is 0 Å². The van der Waals surface area contributed by atoms with Crippen molar-refractivity contribution in [2.45, 2.75) is 105 Å². The number of aliphatic carboxylic acids is 2. The van der Waals surface area contributed by atoms with E-state index < -0.39 is 11.9 Å². The zero-order chi connectivity index (χ0) is 46.4. The molecule has 0 saturated heterocycles. The predicted octanol–water partition coefficient (Wildman–Crippen LogP) is 7.29. The summed E-state index contributed by atoms with van der Waals surface area (Å²) in [6, 6.07) is 31.9. The summed E-state index contributed by atoms with van der Waals surface area (Å²) in [6.07, 6.45) is 1.92. The van der Waals surface area contributed by atoms with Crippen molar-refractivity contribution in [3.8, 4) is 35.2 Å². The van der Waals surface area contributed by atoms with Crippen molar-refractivity contribution in [3.05, 3.63) is 162 Å². The van der Waals surface area contributed by atoms with E-state index in [0.717, 1.165) is 95.9 Å². The van der Waals surface area contributed by atoms with Crippen LogP contribution in [0.2, 0.25) is 0 Å². The summed E-state index contributed by atoms with van der Waals surface area (Å²) in [5.74, 6) is 9.99. The van der Waals surface area contributed by atoms with Crippen LogP contribution in [0.1, 0.15) is 103 Å². The number of carboxylic acid groups (broad SMARTS) is 2. The van der Waals surface area contributed by atoms with Gasteiger partial charge in [-0.25, -0.2) is 9.97 Å². The van der Waals surface area contributed by atoms with Crippen molar-refractivity contribution in [1.29, 1.82) is 0 Å². The van der Waals surface area contributed by atoms with Crippen molar-refractivity contribution in [2.75, 3.05) is 13.1 Å². The van der Waals surface area contributed by atoms with Gasteiger partial charge in [-0.15, -0.1) is 34.5 Å². The van der Waals surface area contributed by atoms with Crippen LogP contribution in [0.25, 0.3) is 0 Å². The maximum Gasteiger partial charge on any atom is 2.00 e. The first-order chi connectivity index (χ1) is 32.0. The molecule has 67 heavy (non-hydrogen) atoms. The van der Waals surface area contributed by atoms with Crippen molar-refractivity contribution in [2.24, 2.45) is 0 Å². The molecule has 0 amide bonds. The van der Waals surface area contributed by atoms with Crippen LogP contribution in [0, 0.1) is 37.5 Å². The van der Waals surface area contributed by atoms with Gasteiger partial charge < -0.3 is 29.3 Å². The van der Waals surface area contributed by atoms with Gasteiger partial charge in [-0.1, -0.05) is 84.6 Å². The Morgan fingerprint density at radius 3 is 1.39 bits per heavy atom. The van der Waals surface area contributed by atoms with Crippen LogP contribution < -0.4 is 19.7 Å². The predicted molar refractivity (Wildman–Crippen MR) is 261 cm³/mol. The number of thiazole rings is 2. The number of carbonyl (C=O) groups is 2. The second-order valence-electron chi connectivity index (χ2n) is 16.5. The van der Waals surface area contributed by atoms with Gasteiger partial charge in [0.15, 0.2) is 0 Å². The number of aromatic nitrogens is 2. The molecular weight excluding hydrogens is 905 g/mol. The fourth-order valence-electron chi connectivity index (χ4n) is 8.30. The van der Waals surface area contributed by atoms with Gasteiger partial charge in [0, 0.05) is 73.8 Å². The second kappa shape index (κ2) is 25.4. The number of ether oxygens (including phenoxy) is 2.